The Kier molecular flexibility index (Phi) is 4.29. The molecule has 0 spiro atoms. The molecule has 0 aromatic heterocycles. The highest BCUT2D eigenvalue weighted by Crippen LogP contribution is 2.31. The van der Waals surface area contributed by atoms with Crippen molar-refractivity contribution in [3.8, 4) is 11.5 Å². The van der Waals surface area contributed by atoms with Crippen LogP contribution in [0.15, 0.2) is 48.5 Å². The van der Waals surface area contributed by atoms with E-state index in [9.17, 15) is 0 Å². The van der Waals surface area contributed by atoms with Crippen molar-refractivity contribution in [2.45, 2.75) is 6.61 Å². The van der Waals surface area contributed by atoms with Gasteiger partial charge in [0.25, 0.3) is 0 Å². The summed E-state index contributed by atoms with van der Waals surface area (Å²) in [7, 11) is 5.66. The molecule has 0 unspecified atom stereocenters. The Balaban J connectivity index is 2.12. The third-order valence-electron chi connectivity index (χ3n) is 2.90. The van der Waals surface area contributed by atoms with Crippen molar-refractivity contribution in [2.24, 2.45) is 0 Å². The molecular weight excluding hydrogens is 238 g/mol. The molecule has 0 radical (unpaired) electrons. The second-order valence-electron chi connectivity index (χ2n) is 4.50. The van der Waals surface area contributed by atoms with E-state index in [-0.39, 0.29) is 0 Å². The Labute approximate surface area is 114 Å². The first-order valence-corrected chi connectivity index (χ1v) is 6.23. The van der Waals surface area contributed by atoms with Crippen LogP contribution in [0.3, 0.4) is 0 Å². The first kappa shape index (κ1) is 13.3. The Morgan fingerprint density at radius 3 is 2.32 bits per heavy atom. The van der Waals surface area contributed by atoms with Crippen molar-refractivity contribution in [1.29, 1.82) is 0 Å². The molecule has 3 nitrogen and oxygen atoms in total. The van der Waals surface area contributed by atoms with Gasteiger partial charge in [0.1, 0.15) is 6.61 Å². The number of methoxy groups -OCH3 is 1. The number of hydrogen-bond acceptors (Lipinski definition) is 3. The zero-order chi connectivity index (χ0) is 13.7. The lowest BCUT2D eigenvalue weighted by molar-refractivity contribution is 0.284. The van der Waals surface area contributed by atoms with E-state index < -0.39 is 0 Å². The first-order valence-electron chi connectivity index (χ1n) is 6.23. The van der Waals surface area contributed by atoms with Gasteiger partial charge in [-0.3, -0.25) is 0 Å². The maximum atomic E-state index is 5.81. The zero-order valence-electron chi connectivity index (χ0n) is 11.6. The molecule has 0 fully saturated rings. The van der Waals surface area contributed by atoms with E-state index in [1.165, 1.54) is 0 Å². The third-order valence-corrected chi connectivity index (χ3v) is 2.90. The standard InChI is InChI=1S/C16H19NO2/c1-17(2)14-9-10-15(16(11-14)18-3)19-12-13-7-5-4-6-8-13/h4-11H,12H2,1-3H3. The first-order chi connectivity index (χ1) is 9.20. The minimum Gasteiger partial charge on any atom is -0.493 e. The number of nitrogens with zero attached hydrogens (tertiary/aromatic N) is 1. The lowest BCUT2D eigenvalue weighted by Gasteiger charge is -2.16. The maximum absolute atomic E-state index is 5.81. The topological polar surface area (TPSA) is 21.7 Å². The van der Waals surface area contributed by atoms with Gasteiger partial charge in [-0.1, -0.05) is 30.3 Å². The maximum Gasteiger partial charge on any atom is 0.162 e. The van der Waals surface area contributed by atoms with Crippen molar-refractivity contribution >= 4 is 5.69 Å². The normalized spacial score (nSPS) is 10.1. The van der Waals surface area contributed by atoms with Crippen molar-refractivity contribution in [1.82, 2.24) is 0 Å². The molecular formula is C16H19NO2. The van der Waals surface area contributed by atoms with Gasteiger partial charge in [-0.05, 0) is 17.7 Å². The van der Waals surface area contributed by atoms with E-state index >= 15 is 0 Å². The van der Waals surface area contributed by atoms with Crippen molar-refractivity contribution in [3.05, 3.63) is 54.1 Å². The number of benzene rings is 2. The van der Waals surface area contributed by atoms with E-state index in [2.05, 4.69) is 0 Å². The largest absolute Gasteiger partial charge is 0.493 e. The van der Waals surface area contributed by atoms with Crippen LogP contribution in [0.2, 0.25) is 0 Å². The van der Waals surface area contributed by atoms with Crippen molar-refractivity contribution in [2.75, 3.05) is 26.1 Å². The van der Waals surface area contributed by atoms with Gasteiger partial charge in [0.2, 0.25) is 0 Å². The van der Waals surface area contributed by atoms with Crippen LogP contribution in [0, 0.1) is 0 Å². The van der Waals surface area contributed by atoms with Gasteiger partial charge in [0.15, 0.2) is 11.5 Å². The molecule has 3 heteroatoms. The molecule has 0 saturated carbocycles. The summed E-state index contributed by atoms with van der Waals surface area (Å²) in [6, 6.07) is 16.0. The molecule has 0 amide bonds. The molecule has 0 saturated heterocycles. The lowest BCUT2D eigenvalue weighted by atomic mass is 10.2. The van der Waals surface area contributed by atoms with E-state index in [0.717, 1.165) is 22.7 Å². The van der Waals surface area contributed by atoms with Crippen LogP contribution in [-0.2, 0) is 6.61 Å². The van der Waals surface area contributed by atoms with Crippen LogP contribution in [0.4, 0.5) is 5.69 Å². The Morgan fingerprint density at radius 2 is 1.68 bits per heavy atom. The molecule has 0 aliphatic heterocycles. The highest BCUT2D eigenvalue weighted by molar-refractivity contribution is 5.55. The predicted molar refractivity (Wildman–Crippen MR) is 78.1 cm³/mol. The minimum absolute atomic E-state index is 0.540. The van der Waals surface area contributed by atoms with Crippen LogP contribution >= 0.6 is 0 Å². The van der Waals surface area contributed by atoms with E-state index in [1.54, 1.807) is 7.11 Å². The summed E-state index contributed by atoms with van der Waals surface area (Å²) in [5, 5.41) is 0. The molecule has 2 aromatic carbocycles. The van der Waals surface area contributed by atoms with E-state index in [0.29, 0.717) is 6.61 Å². The third kappa shape index (κ3) is 3.41. The minimum atomic E-state index is 0.540. The lowest BCUT2D eigenvalue weighted by Crippen LogP contribution is -2.08. The summed E-state index contributed by atoms with van der Waals surface area (Å²) in [5.41, 5.74) is 2.23. The fourth-order valence-corrected chi connectivity index (χ4v) is 1.79. The Hall–Kier alpha value is -2.16. The van der Waals surface area contributed by atoms with Crippen LogP contribution in [-0.4, -0.2) is 21.2 Å². The fraction of sp³-hybridized carbons (Fsp3) is 0.250. The van der Waals surface area contributed by atoms with Crippen molar-refractivity contribution in [3.63, 3.8) is 0 Å². The summed E-state index contributed by atoms with van der Waals surface area (Å²) in [4.78, 5) is 2.03. The number of ether oxygens (including phenoxy) is 2. The summed E-state index contributed by atoms with van der Waals surface area (Å²) >= 11 is 0. The quantitative estimate of drug-likeness (QED) is 0.820. The molecule has 0 bridgehead atoms. The second-order valence-corrected chi connectivity index (χ2v) is 4.50. The Bertz CT molecular complexity index is 524. The van der Waals surface area contributed by atoms with Crippen molar-refractivity contribution < 1.29 is 9.47 Å². The van der Waals surface area contributed by atoms with Crippen LogP contribution in [0.25, 0.3) is 0 Å². The number of anilines is 1. The number of hydrogen-bond donors (Lipinski definition) is 0. The molecule has 0 aliphatic carbocycles. The van der Waals surface area contributed by atoms with E-state index in [4.69, 9.17) is 9.47 Å². The molecule has 19 heavy (non-hydrogen) atoms. The van der Waals surface area contributed by atoms with Crippen LogP contribution in [0.1, 0.15) is 5.56 Å². The number of rotatable bonds is 5. The zero-order valence-corrected chi connectivity index (χ0v) is 11.6. The molecule has 100 valence electrons. The van der Waals surface area contributed by atoms with Gasteiger partial charge < -0.3 is 14.4 Å². The molecule has 0 atom stereocenters. The van der Waals surface area contributed by atoms with Crippen LogP contribution in [0.5, 0.6) is 11.5 Å². The van der Waals surface area contributed by atoms with Gasteiger partial charge in [-0.2, -0.15) is 0 Å². The van der Waals surface area contributed by atoms with E-state index in [1.807, 2.05) is 67.5 Å². The highest BCUT2D eigenvalue weighted by Gasteiger charge is 2.07. The average Bonchev–Trinajstić information content (AvgIpc) is 2.45. The van der Waals surface area contributed by atoms with Gasteiger partial charge in [-0.25, -0.2) is 0 Å². The summed E-state index contributed by atoms with van der Waals surface area (Å²) in [5.74, 6) is 1.51. The van der Waals surface area contributed by atoms with Gasteiger partial charge in [0.05, 0.1) is 7.11 Å². The van der Waals surface area contributed by atoms with Gasteiger partial charge in [0, 0.05) is 25.8 Å². The summed E-state index contributed by atoms with van der Waals surface area (Å²) in [6.07, 6.45) is 0. The molecule has 2 rings (SSSR count). The average molecular weight is 257 g/mol. The van der Waals surface area contributed by atoms with Gasteiger partial charge in [-0.15, -0.1) is 0 Å². The summed E-state index contributed by atoms with van der Waals surface area (Å²) in [6.45, 7) is 0.540. The Morgan fingerprint density at radius 1 is 0.947 bits per heavy atom. The monoisotopic (exact) mass is 257 g/mol. The predicted octanol–water partition coefficient (Wildman–Crippen LogP) is 3.34. The van der Waals surface area contributed by atoms with Gasteiger partial charge >= 0.3 is 0 Å². The molecule has 0 aliphatic rings. The molecule has 0 heterocycles. The second kappa shape index (κ2) is 6.14. The summed E-state index contributed by atoms with van der Waals surface area (Å²) < 4.78 is 11.2. The SMILES string of the molecule is COc1cc(N(C)C)ccc1OCc1ccccc1. The fourth-order valence-electron chi connectivity index (χ4n) is 1.79. The molecule has 2 aromatic rings. The molecule has 0 N–H and O–H groups in total. The van der Waals surface area contributed by atoms with Crippen LogP contribution < -0.4 is 14.4 Å². The smallest absolute Gasteiger partial charge is 0.162 e. The highest BCUT2D eigenvalue weighted by atomic mass is 16.5.